The topological polar surface area (TPSA) is 103 Å². The highest BCUT2D eigenvalue weighted by atomic mass is 32.1. The summed E-state index contributed by atoms with van der Waals surface area (Å²) in [4.78, 5) is 16.7. The zero-order valence-electron chi connectivity index (χ0n) is 12.8. The molecule has 2 heterocycles. The van der Waals surface area contributed by atoms with Gasteiger partial charge in [-0.05, 0) is 25.5 Å². The fraction of sp³-hybridized carbons (Fsp3) is 0.133. The molecular weight excluding hydrogens is 333 g/mol. The predicted octanol–water partition coefficient (Wildman–Crippen LogP) is 3.32. The molecule has 0 radical (unpaired) electrons. The van der Waals surface area contributed by atoms with Crippen molar-refractivity contribution in [2.45, 2.75) is 13.8 Å². The molecule has 4 N–H and O–H groups in total. The number of aromatic amines is 1. The number of halogens is 1. The van der Waals surface area contributed by atoms with Crippen molar-refractivity contribution in [1.29, 1.82) is 0 Å². The molecule has 0 aliphatic heterocycles. The van der Waals surface area contributed by atoms with Gasteiger partial charge >= 0.3 is 0 Å². The van der Waals surface area contributed by atoms with Crippen molar-refractivity contribution < 1.29 is 14.3 Å². The van der Waals surface area contributed by atoms with Gasteiger partial charge in [0.1, 0.15) is 10.6 Å². The number of benzene rings is 1. The van der Waals surface area contributed by atoms with Crippen molar-refractivity contribution in [2.75, 3.05) is 10.6 Å². The Balaban J connectivity index is 1.77. The fourth-order valence-electron chi connectivity index (χ4n) is 2.10. The molecule has 2 aromatic heterocycles. The number of aryl methyl sites for hydroxylation is 1. The Kier molecular flexibility index (Phi) is 4.17. The third-order valence-electron chi connectivity index (χ3n) is 3.43. The summed E-state index contributed by atoms with van der Waals surface area (Å²) in [6.07, 6.45) is 2.50. The van der Waals surface area contributed by atoms with Crippen LogP contribution in [0.25, 0.3) is 0 Å². The monoisotopic (exact) mass is 347 g/mol. The minimum atomic E-state index is -0.540. The number of H-pyrrole nitrogens is 1. The van der Waals surface area contributed by atoms with Gasteiger partial charge in [0.05, 0.1) is 18.1 Å². The number of hydrogen-bond donors (Lipinski definition) is 4. The molecule has 0 fully saturated rings. The van der Waals surface area contributed by atoms with E-state index in [9.17, 15) is 14.3 Å². The largest absolute Gasteiger partial charge is 0.508 e. The maximum atomic E-state index is 13.3. The summed E-state index contributed by atoms with van der Waals surface area (Å²) in [6.45, 7) is 3.56. The predicted molar refractivity (Wildman–Crippen MR) is 89.5 cm³/mol. The molecule has 0 unspecified atom stereocenters. The minimum Gasteiger partial charge on any atom is -0.508 e. The van der Waals surface area contributed by atoms with Crippen LogP contribution in [0, 0.1) is 19.7 Å². The minimum absolute atomic E-state index is 0.0102. The van der Waals surface area contributed by atoms with Gasteiger partial charge in [-0.25, -0.2) is 9.37 Å². The van der Waals surface area contributed by atoms with Crippen LogP contribution in [0.2, 0.25) is 0 Å². The Bertz CT molecular complexity index is 905. The molecule has 0 aliphatic carbocycles. The number of nitrogens with zero attached hydrogens (tertiary/aromatic N) is 2. The van der Waals surface area contributed by atoms with Gasteiger partial charge in [-0.3, -0.25) is 9.89 Å². The second kappa shape index (κ2) is 6.28. The van der Waals surface area contributed by atoms with E-state index in [1.165, 1.54) is 6.20 Å². The van der Waals surface area contributed by atoms with E-state index in [1.807, 2.05) is 6.92 Å². The SMILES string of the molecule is Cc1ccc(O)c(C)c1NC(=O)c1cnc(Nc2n[nH]cc2F)s1. The standard InChI is InChI=1S/C15H14FN5O2S/c1-7-3-4-10(22)8(2)12(7)19-14(23)11-6-17-15(24-11)20-13-9(16)5-18-21-13/h3-6,22H,1-2H3,(H,19,23)(H2,17,18,20,21). The summed E-state index contributed by atoms with van der Waals surface area (Å²) in [5, 5.41) is 21.6. The van der Waals surface area contributed by atoms with E-state index in [-0.39, 0.29) is 17.5 Å². The van der Waals surface area contributed by atoms with Crippen molar-refractivity contribution in [3.8, 4) is 5.75 Å². The van der Waals surface area contributed by atoms with Crippen molar-refractivity contribution >= 4 is 33.9 Å². The van der Waals surface area contributed by atoms with Gasteiger partial charge in [-0.1, -0.05) is 17.4 Å². The quantitative estimate of drug-likeness (QED) is 0.580. The number of hydrogen-bond acceptors (Lipinski definition) is 6. The third kappa shape index (κ3) is 3.06. The maximum absolute atomic E-state index is 13.3. The zero-order chi connectivity index (χ0) is 17.3. The Morgan fingerprint density at radius 3 is 2.88 bits per heavy atom. The molecule has 9 heteroatoms. The van der Waals surface area contributed by atoms with Gasteiger partial charge in [-0.2, -0.15) is 5.10 Å². The van der Waals surface area contributed by atoms with Crippen LogP contribution in [0.1, 0.15) is 20.8 Å². The highest BCUT2D eigenvalue weighted by Crippen LogP contribution is 2.29. The van der Waals surface area contributed by atoms with E-state index < -0.39 is 5.82 Å². The van der Waals surface area contributed by atoms with E-state index in [0.717, 1.165) is 23.1 Å². The van der Waals surface area contributed by atoms with Gasteiger partial charge in [0.2, 0.25) is 0 Å². The average Bonchev–Trinajstić information content (AvgIpc) is 3.18. The molecule has 0 atom stereocenters. The van der Waals surface area contributed by atoms with E-state index in [0.29, 0.717) is 21.3 Å². The van der Waals surface area contributed by atoms with Crippen molar-refractivity contribution in [3.63, 3.8) is 0 Å². The molecule has 1 amide bonds. The first kappa shape index (κ1) is 15.9. The summed E-state index contributed by atoms with van der Waals surface area (Å²) in [6, 6.07) is 3.30. The molecule has 7 nitrogen and oxygen atoms in total. The number of phenolic OH excluding ortho intramolecular Hbond substituents is 1. The van der Waals surface area contributed by atoms with Crippen LogP contribution in [0.3, 0.4) is 0 Å². The third-order valence-corrected chi connectivity index (χ3v) is 4.34. The number of rotatable bonds is 4. The number of phenols is 1. The van der Waals surface area contributed by atoms with Gasteiger partial charge in [0.15, 0.2) is 16.8 Å². The Hall–Kier alpha value is -2.94. The summed E-state index contributed by atoms with van der Waals surface area (Å²) in [5.41, 5.74) is 1.98. The van der Waals surface area contributed by atoms with Crippen LogP contribution >= 0.6 is 11.3 Å². The van der Waals surface area contributed by atoms with E-state index in [4.69, 9.17) is 0 Å². The number of nitrogens with one attached hydrogen (secondary N) is 3. The molecule has 24 heavy (non-hydrogen) atoms. The summed E-state index contributed by atoms with van der Waals surface area (Å²) < 4.78 is 13.3. The molecule has 0 saturated carbocycles. The number of amides is 1. The molecule has 0 saturated heterocycles. The Morgan fingerprint density at radius 1 is 1.38 bits per heavy atom. The number of carbonyl (C=O) groups is 1. The second-order valence-electron chi connectivity index (χ2n) is 5.09. The molecule has 3 aromatic rings. The average molecular weight is 347 g/mol. The number of aromatic hydroxyl groups is 1. The maximum Gasteiger partial charge on any atom is 0.267 e. The Morgan fingerprint density at radius 2 is 2.17 bits per heavy atom. The Labute approximate surface area is 140 Å². The van der Waals surface area contributed by atoms with Crippen LogP contribution in [0.4, 0.5) is 21.0 Å². The van der Waals surface area contributed by atoms with E-state index in [1.54, 1.807) is 19.1 Å². The highest BCUT2D eigenvalue weighted by molar-refractivity contribution is 7.17. The van der Waals surface area contributed by atoms with E-state index >= 15 is 0 Å². The highest BCUT2D eigenvalue weighted by Gasteiger charge is 2.15. The van der Waals surface area contributed by atoms with Crippen molar-refractivity contribution in [3.05, 3.63) is 46.3 Å². The van der Waals surface area contributed by atoms with Crippen LogP contribution < -0.4 is 10.6 Å². The zero-order valence-corrected chi connectivity index (χ0v) is 13.7. The van der Waals surface area contributed by atoms with Crippen LogP contribution in [-0.2, 0) is 0 Å². The lowest BCUT2D eigenvalue weighted by atomic mass is 10.1. The number of anilines is 3. The van der Waals surface area contributed by atoms with Gasteiger partial charge < -0.3 is 15.7 Å². The lowest BCUT2D eigenvalue weighted by Crippen LogP contribution is -2.12. The number of carbonyl (C=O) groups excluding carboxylic acids is 1. The molecule has 0 aliphatic rings. The first-order valence-corrected chi connectivity index (χ1v) is 7.80. The molecule has 0 bridgehead atoms. The lowest BCUT2D eigenvalue weighted by Gasteiger charge is -2.11. The fourth-order valence-corrected chi connectivity index (χ4v) is 2.82. The van der Waals surface area contributed by atoms with Crippen LogP contribution in [0.5, 0.6) is 5.75 Å². The summed E-state index contributed by atoms with van der Waals surface area (Å²) >= 11 is 1.07. The van der Waals surface area contributed by atoms with Crippen molar-refractivity contribution in [2.24, 2.45) is 0 Å². The van der Waals surface area contributed by atoms with Gasteiger partial charge in [0, 0.05) is 5.56 Å². The number of aromatic nitrogens is 3. The smallest absolute Gasteiger partial charge is 0.267 e. The van der Waals surface area contributed by atoms with Gasteiger partial charge in [0.25, 0.3) is 5.91 Å². The number of thiazole rings is 1. The normalized spacial score (nSPS) is 10.6. The molecular formula is C15H14FN5O2S. The van der Waals surface area contributed by atoms with E-state index in [2.05, 4.69) is 25.8 Å². The van der Waals surface area contributed by atoms with Crippen LogP contribution in [-0.4, -0.2) is 26.2 Å². The van der Waals surface area contributed by atoms with Gasteiger partial charge in [-0.15, -0.1) is 0 Å². The molecule has 124 valence electrons. The molecule has 1 aromatic carbocycles. The van der Waals surface area contributed by atoms with Crippen molar-refractivity contribution in [1.82, 2.24) is 15.2 Å². The lowest BCUT2D eigenvalue weighted by molar-refractivity contribution is 0.103. The first-order chi connectivity index (χ1) is 11.5. The second-order valence-corrected chi connectivity index (χ2v) is 6.12. The molecule has 0 spiro atoms. The summed E-state index contributed by atoms with van der Waals surface area (Å²) in [5.74, 6) is -0.783. The first-order valence-electron chi connectivity index (χ1n) is 6.98. The molecule has 3 rings (SSSR count). The van der Waals surface area contributed by atoms with Crippen LogP contribution in [0.15, 0.2) is 24.5 Å². The summed E-state index contributed by atoms with van der Waals surface area (Å²) in [7, 11) is 0.